The van der Waals surface area contributed by atoms with Gasteiger partial charge in [0, 0.05) is 13.0 Å². The molecule has 12 nitrogen and oxygen atoms in total. The van der Waals surface area contributed by atoms with Crippen LogP contribution in [0.5, 0.6) is 0 Å². The predicted molar refractivity (Wildman–Crippen MR) is 313 cm³/mol. The molecule has 0 saturated carbocycles. The number of hydrogen-bond acceptors (Lipinski definition) is 11. The number of aliphatic hydroxyl groups is 3. The number of allylic oxidation sites excluding steroid dienone is 4. The first-order valence-corrected chi connectivity index (χ1v) is 33.5. The summed E-state index contributed by atoms with van der Waals surface area (Å²) >= 11 is 0. The zero-order chi connectivity index (χ0) is 55.3. The SMILES string of the molecule is CCCCCCC/C=C\C/C=C\CCCCCCCCCCCCCCCCOCC(COC1OC(CO)C(O)C(OS(=O)(=O)O)C1O)OC(=O)CCCCCCCCCCCCCCCCCCCCCCCCC. The Morgan fingerprint density at radius 3 is 1.25 bits per heavy atom. The molecular formula is C63H120O12S. The first-order chi connectivity index (χ1) is 37.1. The van der Waals surface area contributed by atoms with Crippen LogP contribution in [0.15, 0.2) is 24.3 Å². The maximum Gasteiger partial charge on any atom is 0.397 e. The van der Waals surface area contributed by atoms with Gasteiger partial charge in [-0.25, -0.2) is 4.18 Å². The van der Waals surface area contributed by atoms with Crippen molar-refractivity contribution in [3.63, 3.8) is 0 Å². The lowest BCUT2D eigenvalue weighted by Crippen LogP contribution is -2.60. The lowest BCUT2D eigenvalue weighted by atomic mass is 9.99. The summed E-state index contributed by atoms with van der Waals surface area (Å²) in [7, 11) is -5.07. The summed E-state index contributed by atoms with van der Waals surface area (Å²) in [6.45, 7) is 4.06. The highest BCUT2D eigenvalue weighted by atomic mass is 32.3. The maximum absolute atomic E-state index is 13.0. The monoisotopic (exact) mass is 1100 g/mol. The van der Waals surface area contributed by atoms with E-state index >= 15 is 0 Å². The largest absolute Gasteiger partial charge is 0.457 e. The summed E-state index contributed by atoms with van der Waals surface area (Å²) in [5.41, 5.74) is 0. The maximum atomic E-state index is 13.0. The van der Waals surface area contributed by atoms with Crippen LogP contribution in [0, 0.1) is 0 Å². The molecule has 1 fully saturated rings. The average Bonchev–Trinajstić information content (AvgIpc) is 3.40. The second-order valence-electron chi connectivity index (χ2n) is 22.4. The number of carbonyl (C=O) groups excluding carboxylic acids is 1. The van der Waals surface area contributed by atoms with Crippen molar-refractivity contribution in [2.24, 2.45) is 0 Å². The van der Waals surface area contributed by atoms with Gasteiger partial charge in [-0.3, -0.25) is 9.35 Å². The smallest absolute Gasteiger partial charge is 0.397 e. The van der Waals surface area contributed by atoms with Crippen molar-refractivity contribution >= 4 is 16.4 Å². The van der Waals surface area contributed by atoms with Gasteiger partial charge in [-0.1, -0.05) is 282 Å². The van der Waals surface area contributed by atoms with Crippen LogP contribution >= 0.6 is 0 Å². The summed E-state index contributed by atoms with van der Waals surface area (Å²) in [6.07, 6.45) is 58.0. The van der Waals surface area contributed by atoms with Gasteiger partial charge in [0.2, 0.25) is 0 Å². The molecular weight excluding hydrogens is 981 g/mol. The van der Waals surface area contributed by atoms with Crippen molar-refractivity contribution in [1.82, 2.24) is 0 Å². The Morgan fingerprint density at radius 1 is 0.500 bits per heavy atom. The van der Waals surface area contributed by atoms with E-state index in [1.54, 1.807) is 0 Å². The molecule has 6 unspecified atom stereocenters. The molecule has 1 rings (SSSR count). The fourth-order valence-corrected chi connectivity index (χ4v) is 10.7. The highest BCUT2D eigenvalue weighted by molar-refractivity contribution is 7.80. The van der Waals surface area contributed by atoms with Gasteiger partial charge in [-0.2, -0.15) is 8.42 Å². The van der Waals surface area contributed by atoms with Gasteiger partial charge in [0.05, 0.1) is 19.8 Å². The van der Waals surface area contributed by atoms with Gasteiger partial charge in [0.25, 0.3) is 0 Å². The molecule has 0 aromatic rings. The summed E-state index contributed by atoms with van der Waals surface area (Å²) < 4.78 is 59.6. The van der Waals surface area contributed by atoms with Crippen molar-refractivity contribution in [1.29, 1.82) is 0 Å². The van der Waals surface area contributed by atoms with Crippen LogP contribution in [0.1, 0.15) is 309 Å². The molecule has 0 bridgehead atoms. The Bertz CT molecular complexity index is 1410. The van der Waals surface area contributed by atoms with Gasteiger partial charge in [-0.05, 0) is 44.9 Å². The van der Waals surface area contributed by atoms with Gasteiger partial charge >= 0.3 is 16.4 Å². The topological polar surface area (TPSA) is 178 Å². The second kappa shape index (κ2) is 54.2. The van der Waals surface area contributed by atoms with Gasteiger partial charge < -0.3 is 34.3 Å². The molecule has 0 radical (unpaired) electrons. The fraction of sp³-hybridized carbons (Fsp3) is 0.921. The summed E-state index contributed by atoms with van der Waals surface area (Å²) in [4.78, 5) is 13.0. The van der Waals surface area contributed by atoms with Gasteiger partial charge in [0.15, 0.2) is 6.29 Å². The van der Waals surface area contributed by atoms with E-state index in [9.17, 15) is 33.1 Å². The number of aliphatic hydroxyl groups excluding tert-OH is 3. The van der Waals surface area contributed by atoms with E-state index in [2.05, 4.69) is 42.3 Å². The van der Waals surface area contributed by atoms with Crippen molar-refractivity contribution < 1.29 is 56.2 Å². The summed E-state index contributed by atoms with van der Waals surface area (Å²) in [6, 6.07) is 0. The first kappa shape index (κ1) is 72.6. The van der Waals surface area contributed by atoms with E-state index in [-0.39, 0.29) is 19.6 Å². The fourth-order valence-electron chi connectivity index (χ4n) is 10.2. The number of carbonyl (C=O) groups is 1. The van der Waals surface area contributed by atoms with Crippen LogP contribution in [0.25, 0.3) is 0 Å². The second-order valence-corrected chi connectivity index (χ2v) is 23.4. The zero-order valence-corrected chi connectivity index (χ0v) is 49.9. The van der Waals surface area contributed by atoms with E-state index in [0.717, 1.165) is 44.9 Å². The molecule has 1 aliphatic heterocycles. The van der Waals surface area contributed by atoms with Crippen molar-refractivity contribution in [3.05, 3.63) is 24.3 Å². The molecule has 450 valence electrons. The molecule has 0 spiro atoms. The normalized spacial score (nSPS) is 18.6. The van der Waals surface area contributed by atoms with Crippen LogP contribution in [0.4, 0.5) is 0 Å². The summed E-state index contributed by atoms with van der Waals surface area (Å²) in [5.74, 6) is -0.390. The molecule has 1 aliphatic rings. The molecule has 13 heteroatoms. The molecule has 0 aromatic carbocycles. The van der Waals surface area contributed by atoms with Crippen molar-refractivity contribution in [2.75, 3.05) is 26.4 Å². The summed E-state index contributed by atoms with van der Waals surface area (Å²) in [5, 5.41) is 30.9. The van der Waals surface area contributed by atoms with E-state index in [1.165, 1.54) is 238 Å². The molecule has 0 amide bonds. The molecule has 6 atom stereocenters. The third-order valence-corrected chi connectivity index (χ3v) is 15.5. The number of unbranched alkanes of at least 4 members (excludes halogenated alkanes) is 41. The lowest BCUT2D eigenvalue weighted by Gasteiger charge is -2.41. The van der Waals surface area contributed by atoms with Gasteiger partial charge in [-0.15, -0.1) is 0 Å². The zero-order valence-electron chi connectivity index (χ0n) is 49.1. The highest BCUT2D eigenvalue weighted by Gasteiger charge is 2.48. The minimum atomic E-state index is -5.07. The minimum absolute atomic E-state index is 0.0414. The highest BCUT2D eigenvalue weighted by Crippen LogP contribution is 2.26. The van der Waals surface area contributed by atoms with E-state index in [1.807, 2.05) is 0 Å². The first-order valence-electron chi connectivity index (χ1n) is 32.1. The van der Waals surface area contributed by atoms with Crippen molar-refractivity contribution in [3.8, 4) is 0 Å². The Hall–Kier alpha value is -1.42. The Balaban J connectivity index is 2.23. The van der Waals surface area contributed by atoms with E-state index in [4.69, 9.17) is 18.9 Å². The quantitative estimate of drug-likeness (QED) is 0.0196. The molecule has 0 aliphatic carbocycles. The Labute approximate surface area is 467 Å². The number of esters is 1. The van der Waals surface area contributed by atoms with Crippen molar-refractivity contribution in [2.45, 2.75) is 346 Å². The molecule has 1 saturated heterocycles. The Kier molecular flexibility index (Phi) is 51.8. The number of hydrogen-bond donors (Lipinski definition) is 4. The lowest BCUT2D eigenvalue weighted by molar-refractivity contribution is -0.301. The standard InChI is InChI=1S/C63H120O12S/c1-3-5-7-9-11-13-15-17-19-21-23-25-27-28-29-31-33-35-37-39-41-43-45-47-49-51-53-71-55-57(56-72-63-61(67)62(75-76(68,69)70)60(66)58(54-64)74-63)73-59(65)52-50-48-46-44-42-40-38-36-34-32-30-26-24-22-20-18-16-14-12-10-8-6-4-2/h15,17,21,23,57-58,60-64,66-67H,3-14,16,18-20,22,24-56H2,1-2H3,(H,68,69,70)/b17-15-,23-21-. The number of ether oxygens (including phenoxy) is 4. The Morgan fingerprint density at radius 2 is 0.868 bits per heavy atom. The molecule has 1 heterocycles. The van der Waals surface area contributed by atoms with Crippen LogP contribution < -0.4 is 0 Å². The van der Waals surface area contributed by atoms with Crippen LogP contribution in [-0.2, 0) is 38.3 Å². The van der Waals surface area contributed by atoms with Gasteiger partial charge in [0.1, 0.15) is 30.5 Å². The average molecular weight is 1100 g/mol. The van der Waals surface area contributed by atoms with E-state index < -0.39 is 59.8 Å². The molecule has 76 heavy (non-hydrogen) atoms. The molecule has 0 aromatic heterocycles. The van der Waals surface area contributed by atoms with Crippen LogP contribution in [0.3, 0.4) is 0 Å². The predicted octanol–water partition coefficient (Wildman–Crippen LogP) is 16.7. The minimum Gasteiger partial charge on any atom is -0.457 e. The number of rotatable bonds is 58. The molecule has 4 N–H and O–H groups in total. The van der Waals surface area contributed by atoms with Crippen LogP contribution in [-0.4, -0.2) is 97.5 Å². The third kappa shape index (κ3) is 46.3. The third-order valence-electron chi connectivity index (χ3n) is 15.1. The van der Waals surface area contributed by atoms with E-state index in [0.29, 0.717) is 13.0 Å². The van der Waals surface area contributed by atoms with Crippen LogP contribution in [0.2, 0.25) is 0 Å².